The van der Waals surface area contributed by atoms with Crippen LogP contribution in [0, 0.1) is 10.1 Å². The Labute approximate surface area is 77.6 Å². The van der Waals surface area contributed by atoms with Crippen molar-refractivity contribution in [2.45, 2.75) is 11.4 Å². The van der Waals surface area contributed by atoms with E-state index in [2.05, 4.69) is 15.9 Å². The Morgan fingerprint density at radius 2 is 2.25 bits per heavy atom. The van der Waals surface area contributed by atoms with Crippen LogP contribution >= 0.6 is 15.9 Å². The number of sulfone groups is 1. The summed E-state index contributed by atoms with van der Waals surface area (Å²) in [5.41, 5.74) is 0.215. The largest absolute Gasteiger partial charge is 0.310 e. The lowest BCUT2D eigenvalue weighted by molar-refractivity contribution is -0.518. The van der Waals surface area contributed by atoms with Gasteiger partial charge in [-0.3, -0.25) is 10.1 Å². The van der Waals surface area contributed by atoms with Crippen molar-refractivity contribution >= 4 is 25.8 Å². The Hall–Kier alpha value is -0.430. The third kappa shape index (κ3) is 1.38. The molecule has 0 aromatic heterocycles. The summed E-state index contributed by atoms with van der Waals surface area (Å²) in [5, 5.41) is 11.4. The fourth-order valence-electron chi connectivity index (χ4n) is 0.978. The summed E-state index contributed by atoms with van der Waals surface area (Å²) < 4.78 is 20.3. The van der Waals surface area contributed by atoms with Gasteiger partial charge in [0, 0.05) is 31.8 Å². The van der Waals surface area contributed by atoms with Crippen LogP contribution in [0.4, 0.5) is 0 Å². The highest BCUT2D eigenvalue weighted by Gasteiger charge is 2.50. The predicted octanol–water partition coefficient (Wildman–Crippen LogP) is 0.687. The van der Waals surface area contributed by atoms with Gasteiger partial charge in [0.25, 0.3) is 0 Å². The van der Waals surface area contributed by atoms with Crippen LogP contribution in [0.3, 0.4) is 0 Å². The third-order valence-corrected chi connectivity index (χ3v) is 4.74. The highest BCUT2D eigenvalue weighted by Crippen LogP contribution is 2.35. The van der Waals surface area contributed by atoms with Gasteiger partial charge in [-0.2, -0.15) is 0 Å². The minimum atomic E-state index is -3.40. The van der Waals surface area contributed by atoms with Crippen molar-refractivity contribution in [3.05, 3.63) is 21.1 Å². The van der Waals surface area contributed by atoms with Gasteiger partial charge in [-0.25, -0.2) is 8.42 Å². The quantitative estimate of drug-likeness (QED) is 0.299. The average molecular weight is 256 g/mol. The molecule has 0 saturated heterocycles. The van der Waals surface area contributed by atoms with Crippen molar-refractivity contribution in [1.29, 1.82) is 0 Å². The Kier molecular flexibility index (Phi) is 2.03. The summed E-state index contributed by atoms with van der Waals surface area (Å²) in [6.45, 7) is 1.42. The summed E-state index contributed by atoms with van der Waals surface area (Å²) in [4.78, 5) is 9.84. The maximum Gasteiger partial charge on any atom is 0.310 e. The highest BCUT2D eigenvalue weighted by molar-refractivity contribution is 9.10. The molecule has 0 amide bonds. The van der Waals surface area contributed by atoms with Crippen molar-refractivity contribution in [2.24, 2.45) is 0 Å². The van der Waals surface area contributed by atoms with Crippen LogP contribution in [0.15, 0.2) is 11.0 Å². The first kappa shape index (κ1) is 9.66. The smallest absolute Gasteiger partial charge is 0.263 e. The van der Waals surface area contributed by atoms with Crippen molar-refractivity contribution in [3.8, 4) is 0 Å². The molecule has 1 heterocycles. The molecule has 0 bridgehead atoms. The normalized spacial score (nSPS) is 33.0. The molecule has 0 aromatic carbocycles. The van der Waals surface area contributed by atoms with Gasteiger partial charge in [-0.15, -0.1) is 0 Å². The van der Waals surface area contributed by atoms with E-state index in [1.807, 2.05) is 0 Å². The molecule has 0 spiro atoms. The van der Waals surface area contributed by atoms with Gasteiger partial charge in [-0.1, -0.05) is 0 Å². The molecule has 0 saturated carbocycles. The molecule has 0 radical (unpaired) electrons. The molecule has 0 aromatic rings. The monoisotopic (exact) mass is 255 g/mol. The first-order valence-electron chi connectivity index (χ1n) is 3.03. The number of nitro groups is 1. The maximum absolute atomic E-state index is 11.0. The van der Waals surface area contributed by atoms with Crippen LogP contribution in [0.1, 0.15) is 6.92 Å². The number of nitrogens with zero attached hydrogens (tertiary/aromatic N) is 1. The topological polar surface area (TPSA) is 77.3 Å². The van der Waals surface area contributed by atoms with Crippen LogP contribution in [0.5, 0.6) is 0 Å². The van der Waals surface area contributed by atoms with Gasteiger partial charge in [0.1, 0.15) is 5.75 Å². The van der Waals surface area contributed by atoms with E-state index in [0.29, 0.717) is 0 Å². The van der Waals surface area contributed by atoms with Gasteiger partial charge in [0.2, 0.25) is 0 Å². The number of hydrogen-bond acceptors (Lipinski definition) is 4. The van der Waals surface area contributed by atoms with E-state index in [4.69, 9.17) is 0 Å². The van der Waals surface area contributed by atoms with Crippen molar-refractivity contribution in [2.75, 3.05) is 5.75 Å². The molecule has 1 atom stereocenters. The number of hydrogen-bond donors (Lipinski definition) is 0. The predicted molar refractivity (Wildman–Crippen MR) is 46.2 cm³/mol. The highest BCUT2D eigenvalue weighted by atomic mass is 79.9. The second kappa shape index (κ2) is 2.53. The molecule has 0 unspecified atom stereocenters. The van der Waals surface area contributed by atoms with E-state index >= 15 is 0 Å². The first-order valence-corrected chi connectivity index (χ1v) is 5.54. The van der Waals surface area contributed by atoms with Gasteiger partial charge < -0.3 is 0 Å². The molecule has 12 heavy (non-hydrogen) atoms. The molecule has 5 nitrogen and oxygen atoms in total. The molecule has 68 valence electrons. The van der Waals surface area contributed by atoms with Gasteiger partial charge in [-0.05, 0) is 6.92 Å². The van der Waals surface area contributed by atoms with E-state index in [0.717, 1.165) is 5.41 Å². The minimum Gasteiger partial charge on any atom is -0.263 e. The third-order valence-electron chi connectivity index (χ3n) is 1.64. The molecule has 0 N–H and O–H groups in total. The lowest BCUT2D eigenvalue weighted by atomic mass is 10.2. The van der Waals surface area contributed by atoms with Crippen LogP contribution < -0.4 is 0 Å². The van der Waals surface area contributed by atoms with Crippen LogP contribution in [-0.4, -0.2) is 23.5 Å². The minimum absolute atomic E-state index is 0.215. The van der Waals surface area contributed by atoms with Crippen molar-refractivity contribution < 1.29 is 13.3 Å². The second-order valence-electron chi connectivity index (χ2n) is 2.62. The van der Waals surface area contributed by atoms with Crippen LogP contribution in [0.25, 0.3) is 0 Å². The van der Waals surface area contributed by atoms with Gasteiger partial charge in [0.05, 0.1) is 0 Å². The van der Waals surface area contributed by atoms with Crippen LogP contribution in [0.2, 0.25) is 0 Å². The molecular formula is C5H6BrNO4S. The molecule has 7 heteroatoms. The van der Waals surface area contributed by atoms with Crippen molar-refractivity contribution in [3.63, 3.8) is 0 Å². The Balaban J connectivity index is 3.20. The molecule has 1 aliphatic heterocycles. The molecule has 1 rings (SSSR count). The maximum atomic E-state index is 11.0. The second-order valence-corrected chi connectivity index (χ2v) is 5.79. The van der Waals surface area contributed by atoms with Gasteiger partial charge in [0.15, 0.2) is 9.84 Å². The number of rotatable bonds is 1. The fourth-order valence-corrected chi connectivity index (χ4v) is 3.88. The lowest BCUT2D eigenvalue weighted by Gasteiger charge is -2.11. The first-order chi connectivity index (χ1) is 5.28. The molecule has 0 aliphatic carbocycles. The zero-order valence-corrected chi connectivity index (χ0v) is 8.55. The molecule has 0 fully saturated rings. The van der Waals surface area contributed by atoms with Gasteiger partial charge >= 0.3 is 4.45 Å². The van der Waals surface area contributed by atoms with E-state index in [1.165, 1.54) is 6.92 Å². The van der Waals surface area contributed by atoms with E-state index < -0.39 is 25.0 Å². The molecule has 1 aliphatic rings. The van der Waals surface area contributed by atoms with E-state index in [9.17, 15) is 18.5 Å². The van der Waals surface area contributed by atoms with E-state index in [1.54, 1.807) is 0 Å². The Morgan fingerprint density at radius 1 is 1.75 bits per heavy atom. The van der Waals surface area contributed by atoms with Crippen LogP contribution in [-0.2, 0) is 9.84 Å². The molecular weight excluding hydrogens is 250 g/mol. The Bertz CT molecular complexity index is 360. The number of alkyl halides is 1. The summed E-state index contributed by atoms with van der Waals surface area (Å²) in [6, 6.07) is 0. The summed E-state index contributed by atoms with van der Waals surface area (Å²) in [7, 11) is -3.40. The zero-order chi connectivity index (χ0) is 9.57. The van der Waals surface area contributed by atoms with Crippen molar-refractivity contribution in [1.82, 2.24) is 0 Å². The summed E-state index contributed by atoms with van der Waals surface area (Å²) in [5.74, 6) is -0.501. The average Bonchev–Trinajstić information content (AvgIpc) is 2.03. The SMILES string of the molecule is CC1=CS(=O)(=O)C[C@@]1(Br)[N+](=O)[O-]. The zero-order valence-electron chi connectivity index (χ0n) is 6.15. The fraction of sp³-hybridized carbons (Fsp3) is 0.600. The number of halogens is 1. The summed E-state index contributed by atoms with van der Waals surface area (Å²) >= 11 is 2.80. The lowest BCUT2D eigenvalue weighted by Crippen LogP contribution is -2.34. The standard InChI is InChI=1S/C5H6BrNO4S/c1-4-2-12(10,11)3-5(4,6)7(8)9/h2H,3H2,1H3/t5-/m1/s1. The van der Waals surface area contributed by atoms with E-state index in [-0.39, 0.29) is 5.57 Å². The Morgan fingerprint density at radius 3 is 2.42 bits per heavy atom. The summed E-state index contributed by atoms with van der Waals surface area (Å²) in [6.07, 6.45) is 0.